The highest BCUT2D eigenvalue weighted by Crippen LogP contribution is 2.16. The molecule has 0 aliphatic heterocycles. The normalized spacial score (nSPS) is 12.9. The van der Waals surface area contributed by atoms with E-state index in [1.165, 1.54) is 11.5 Å². The molecule has 0 spiro atoms. The lowest BCUT2D eigenvalue weighted by molar-refractivity contribution is 0.584. The van der Waals surface area contributed by atoms with Gasteiger partial charge in [0, 0.05) is 19.0 Å². The first kappa shape index (κ1) is 10.2. The van der Waals surface area contributed by atoms with Crippen molar-refractivity contribution in [3.63, 3.8) is 0 Å². The Morgan fingerprint density at radius 2 is 2.47 bits per heavy atom. The van der Waals surface area contributed by atoms with E-state index in [-0.39, 0.29) is 6.04 Å². The van der Waals surface area contributed by atoms with E-state index in [4.69, 9.17) is 5.73 Å². The van der Waals surface area contributed by atoms with E-state index >= 15 is 0 Å². The molecule has 2 rings (SSSR count). The summed E-state index contributed by atoms with van der Waals surface area (Å²) in [5.41, 5.74) is 6.00. The highest BCUT2D eigenvalue weighted by atomic mass is 32.1. The molecular formula is C8H12N6S. The second kappa shape index (κ2) is 4.45. The molecule has 6 nitrogen and oxygen atoms in total. The first-order chi connectivity index (χ1) is 7.31. The summed E-state index contributed by atoms with van der Waals surface area (Å²) in [4.78, 5) is 5.15. The Hall–Kier alpha value is -1.34. The van der Waals surface area contributed by atoms with Crippen molar-refractivity contribution in [3.05, 3.63) is 23.2 Å². The third kappa shape index (κ3) is 2.18. The number of nitrogens with zero attached hydrogens (tertiary/aromatic N) is 5. The molecule has 0 aromatic carbocycles. The third-order valence-corrected chi connectivity index (χ3v) is 2.94. The molecule has 0 bridgehead atoms. The Bertz CT molecular complexity index is 408. The lowest BCUT2D eigenvalue weighted by atomic mass is 10.2. The third-order valence-electron chi connectivity index (χ3n) is 2.14. The van der Waals surface area contributed by atoms with Crippen molar-refractivity contribution in [1.29, 1.82) is 0 Å². The van der Waals surface area contributed by atoms with Gasteiger partial charge in [0.15, 0.2) is 0 Å². The number of nitrogens with two attached hydrogens (primary N) is 1. The topological polar surface area (TPSA) is 82.5 Å². The summed E-state index contributed by atoms with van der Waals surface area (Å²) in [5.74, 6) is 0.901. The van der Waals surface area contributed by atoms with E-state index < -0.39 is 0 Å². The first-order valence-corrected chi connectivity index (χ1v) is 5.48. The maximum Gasteiger partial charge on any atom is 0.138 e. The van der Waals surface area contributed by atoms with E-state index in [0.29, 0.717) is 6.42 Å². The number of rotatable bonds is 4. The van der Waals surface area contributed by atoms with Crippen LogP contribution in [0.2, 0.25) is 0 Å². The summed E-state index contributed by atoms with van der Waals surface area (Å²) in [7, 11) is 0. The second-order valence-corrected chi connectivity index (χ2v) is 3.94. The van der Waals surface area contributed by atoms with Crippen LogP contribution in [0.1, 0.15) is 23.7 Å². The van der Waals surface area contributed by atoms with Gasteiger partial charge in [0.05, 0.1) is 11.1 Å². The van der Waals surface area contributed by atoms with Crippen LogP contribution in [-0.4, -0.2) is 24.4 Å². The molecule has 0 aliphatic carbocycles. The SMILES string of the molecule is CCn1ncnc1CC(N)c1cnns1. The molecule has 0 aliphatic rings. The summed E-state index contributed by atoms with van der Waals surface area (Å²) in [6.07, 6.45) is 3.91. The smallest absolute Gasteiger partial charge is 0.138 e. The molecular weight excluding hydrogens is 212 g/mol. The summed E-state index contributed by atoms with van der Waals surface area (Å²) in [5, 5.41) is 7.85. The lowest BCUT2D eigenvalue weighted by Gasteiger charge is -2.08. The van der Waals surface area contributed by atoms with Crippen LogP contribution in [-0.2, 0) is 13.0 Å². The number of hydrogen-bond acceptors (Lipinski definition) is 6. The van der Waals surface area contributed by atoms with Gasteiger partial charge >= 0.3 is 0 Å². The lowest BCUT2D eigenvalue weighted by Crippen LogP contribution is -2.15. The Kier molecular flexibility index (Phi) is 3.02. The molecule has 2 aromatic heterocycles. The molecule has 0 amide bonds. The molecule has 2 heterocycles. The zero-order chi connectivity index (χ0) is 10.7. The van der Waals surface area contributed by atoms with Crippen molar-refractivity contribution in [2.24, 2.45) is 5.73 Å². The van der Waals surface area contributed by atoms with Crippen LogP contribution < -0.4 is 5.73 Å². The highest BCUT2D eigenvalue weighted by Gasteiger charge is 2.13. The largest absolute Gasteiger partial charge is 0.323 e. The zero-order valence-corrected chi connectivity index (χ0v) is 9.18. The maximum atomic E-state index is 6.00. The van der Waals surface area contributed by atoms with Crippen molar-refractivity contribution < 1.29 is 0 Å². The minimum Gasteiger partial charge on any atom is -0.323 e. The van der Waals surface area contributed by atoms with Gasteiger partial charge in [-0.05, 0) is 18.5 Å². The van der Waals surface area contributed by atoms with E-state index in [2.05, 4.69) is 19.7 Å². The molecule has 7 heteroatoms. The summed E-state index contributed by atoms with van der Waals surface area (Å²) in [6, 6.07) is -0.0977. The van der Waals surface area contributed by atoms with Crippen LogP contribution in [0.25, 0.3) is 0 Å². The molecule has 2 aromatic rings. The van der Waals surface area contributed by atoms with Crippen LogP contribution in [0.4, 0.5) is 0 Å². The van der Waals surface area contributed by atoms with Gasteiger partial charge in [-0.2, -0.15) is 5.10 Å². The number of hydrogen-bond donors (Lipinski definition) is 1. The van der Waals surface area contributed by atoms with Crippen LogP contribution in [0, 0.1) is 0 Å². The van der Waals surface area contributed by atoms with Gasteiger partial charge in [0.1, 0.15) is 12.2 Å². The van der Waals surface area contributed by atoms with Crippen LogP contribution in [0.5, 0.6) is 0 Å². The van der Waals surface area contributed by atoms with Crippen molar-refractivity contribution >= 4 is 11.5 Å². The molecule has 15 heavy (non-hydrogen) atoms. The Morgan fingerprint density at radius 3 is 3.13 bits per heavy atom. The highest BCUT2D eigenvalue weighted by molar-refractivity contribution is 7.05. The van der Waals surface area contributed by atoms with Crippen molar-refractivity contribution in [3.8, 4) is 0 Å². The molecule has 0 saturated heterocycles. The fourth-order valence-electron chi connectivity index (χ4n) is 1.35. The van der Waals surface area contributed by atoms with Gasteiger partial charge in [0.2, 0.25) is 0 Å². The Balaban J connectivity index is 2.09. The van der Waals surface area contributed by atoms with Crippen LogP contribution >= 0.6 is 11.5 Å². The molecule has 0 radical (unpaired) electrons. The molecule has 0 fully saturated rings. The number of aryl methyl sites for hydroxylation is 1. The van der Waals surface area contributed by atoms with Gasteiger partial charge < -0.3 is 5.73 Å². The number of aromatic nitrogens is 5. The van der Waals surface area contributed by atoms with Crippen molar-refractivity contribution in [2.45, 2.75) is 25.9 Å². The fourth-order valence-corrected chi connectivity index (χ4v) is 1.85. The van der Waals surface area contributed by atoms with Gasteiger partial charge in [-0.25, -0.2) is 4.98 Å². The fraction of sp³-hybridized carbons (Fsp3) is 0.500. The minimum atomic E-state index is -0.0977. The van der Waals surface area contributed by atoms with Crippen LogP contribution in [0.15, 0.2) is 12.5 Å². The summed E-state index contributed by atoms with van der Waals surface area (Å²) in [6.45, 7) is 2.83. The second-order valence-electron chi connectivity index (χ2n) is 3.12. The predicted molar refractivity (Wildman–Crippen MR) is 56.2 cm³/mol. The quantitative estimate of drug-likeness (QED) is 0.812. The molecule has 1 atom stereocenters. The average molecular weight is 224 g/mol. The van der Waals surface area contributed by atoms with Crippen molar-refractivity contribution in [2.75, 3.05) is 0 Å². The molecule has 80 valence electrons. The van der Waals surface area contributed by atoms with E-state index in [1.54, 1.807) is 12.5 Å². The monoisotopic (exact) mass is 224 g/mol. The van der Waals surface area contributed by atoms with E-state index in [1.807, 2.05) is 11.6 Å². The summed E-state index contributed by atoms with van der Waals surface area (Å²) >= 11 is 1.32. The van der Waals surface area contributed by atoms with E-state index in [0.717, 1.165) is 17.2 Å². The zero-order valence-electron chi connectivity index (χ0n) is 8.37. The van der Waals surface area contributed by atoms with E-state index in [9.17, 15) is 0 Å². The summed E-state index contributed by atoms with van der Waals surface area (Å²) < 4.78 is 5.63. The molecule has 2 N–H and O–H groups in total. The van der Waals surface area contributed by atoms with Crippen molar-refractivity contribution in [1.82, 2.24) is 24.4 Å². The van der Waals surface area contributed by atoms with Gasteiger partial charge in [0.25, 0.3) is 0 Å². The van der Waals surface area contributed by atoms with Crippen LogP contribution in [0.3, 0.4) is 0 Å². The molecule has 0 saturated carbocycles. The Labute approximate surface area is 91.3 Å². The predicted octanol–water partition coefficient (Wildman–Crippen LogP) is 0.392. The first-order valence-electron chi connectivity index (χ1n) is 4.70. The average Bonchev–Trinajstić information content (AvgIpc) is 2.87. The maximum absolute atomic E-state index is 6.00. The minimum absolute atomic E-state index is 0.0977. The van der Waals surface area contributed by atoms with Gasteiger partial charge in [-0.3, -0.25) is 4.68 Å². The Morgan fingerprint density at radius 1 is 1.60 bits per heavy atom. The van der Waals surface area contributed by atoms with Gasteiger partial charge in [-0.15, -0.1) is 5.10 Å². The molecule has 1 unspecified atom stereocenters. The van der Waals surface area contributed by atoms with Gasteiger partial charge in [-0.1, -0.05) is 4.49 Å². The standard InChI is InChI=1S/C8H12N6S/c1-2-14-8(10-5-12-14)3-6(9)7-4-11-13-15-7/h4-6H,2-3,9H2,1H3.